The fraction of sp³-hybridized carbons (Fsp3) is 1.00. The van der Waals surface area contributed by atoms with Crippen molar-refractivity contribution in [2.24, 2.45) is 11.3 Å². The Morgan fingerprint density at radius 2 is 1.09 bits per heavy atom. The molecule has 0 heteroatoms. The standard InChI is InChI=1S/C22H46/c1-6-10-13-16-21(15-11-7-2)17-14-20-22(5,18-9-4)19-12-8-3/h21H,6-20H2,1-5H3. The summed E-state index contributed by atoms with van der Waals surface area (Å²) < 4.78 is 0. The van der Waals surface area contributed by atoms with E-state index < -0.39 is 0 Å². The van der Waals surface area contributed by atoms with Gasteiger partial charge in [-0.1, -0.05) is 112 Å². The zero-order valence-electron chi connectivity index (χ0n) is 16.7. The third-order valence-electron chi connectivity index (χ3n) is 5.56. The van der Waals surface area contributed by atoms with Crippen molar-refractivity contribution < 1.29 is 0 Å². The Hall–Kier alpha value is 0. The summed E-state index contributed by atoms with van der Waals surface area (Å²) in [5.41, 5.74) is 0.628. The summed E-state index contributed by atoms with van der Waals surface area (Å²) in [6.07, 6.45) is 21.5. The second kappa shape index (κ2) is 14.6. The number of rotatable bonds is 16. The van der Waals surface area contributed by atoms with Crippen LogP contribution in [0.4, 0.5) is 0 Å². The van der Waals surface area contributed by atoms with Crippen molar-refractivity contribution in [3.63, 3.8) is 0 Å². The fourth-order valence-corrected chi connectivity index (χ4v) is 4.01. The summed E-state index contributed by atoms with van der Waals surface area (Å²) in [4.78, 5) is 0. The third-order valence-corrected chi connectivity index (χ3v) is 5.56. The normalized spacial score (nSPS) is 15.7. The van der Waals surface area contributed by atoms with Crippen molar-refractivity contribution in [1.82, 2.24) is 0 Å². The van der Waals surface area contributed by atoms with Gasteiger partial charge in [0.15, 0.2) is 0 Å². The largest absolute Gasteiger partial charge is 0.0654 e. The van der Waals surface area contributed by atoms with E-state index in [-0.39, 0.29) is 0 Å². The lowest BCUT2D eigenvalue weighted by atomic mass is 9.76. The topological polar surface area (TPSA) is 0 Å². The number of hydrogen-bond donors (Lipinski definition) is 0. The Balaban J connectivity index is 4.17. The molecule has 0 radical (unpaired) electrons. The van der Waals surface area contributed by atoms with Gasteiger partial charge >= 0.3 is 0 Å². The molecule has 0 aromatic carbocycles. The third kappa shape index (κ3) is 11.6. The van der Waals surface area contributed by atoms with Crippen LogP contribution in [0.3, 0.4) is 0 Å². The van der Waals surface area contributed by atoms with Crippen molar-refractivity contribution in [3.05, 3.63) is 0 Å². The average molecular weight is 311 g/mol. The summed E-state index contributed by atoms with van der Waals surface area (Å²) >= 11 is 0. The minimum absolute atomic E-state index is 0.628. The second-order valence-electron chi connectivity index (χ2n) is 8.06. The van der Waals surface area contributed by atoms with Gasteiger partial charge in [0.05, 0.1) is 0 Å². The number of hydrogen-bond acceptors (Lipinski definition) is 0. The molecule has 0 aliphatic heterocycles. The first-order valence-electron chi connectivity index (χ1n) is 10.6. The van der Waals surface area contributed by atoms with Gasteiger partial charge in [-0.15, -0.1) is 0 Å². The second-order valence-corrected chi connectivity index (χ2v) is 8.06. The van der Waals surface area contributed by atoms with E-state index in [1.54, 1.807) is 0 Å². The van der Waals surface area contributed by atoms with Crippen LogP contribution in [0.5, 0.6) is 0 Å². The highest BCUT2D eigenvalue weighted by Crippen LogP contribution is 2.36. The van der Waals surface area contributed by atoms with Gasteiger partial charge in [0.1, 0.15) is 0 Å². The molecular weight excluding hydrogens is 264 g/mol. The van der Waals surface area contributed by atoms with E-state index in [2.05, 4.69) is 34.6 Å². The molecule has 0 heterocycles. The van der Waals surface area contributed by atoms with Crippen LogP contribution in [0.15, 0.2) is 0 Å². The molecule has 0 nitrogen and oxygen atoms in total. The van der Waals surface area contributed by atoms with Crippen molar-refractivity contribution in [2.45, 2.75) is 131 Å². The molecule has 2 atom stereocenters. The van der Waals surface area contributed by atoms with Crippen LogP contribution in [0.1, 0.15) is 131 Å². The molecule has 0 aromatic heterocycles. The SMILES string of the molecule is CCCCCC(CCCC)CCCC(C)(CCC)CCCC. The quantitative estimate of drug-likeness (QED) is 0.250. The molecule has 0 N–H and O–H groups in total. The first-order valence-corrected chi connectivity index (χ1v) is 10.6. The minimum Gasteiger partial charge on any atom is -0.0654 e. The van der Waals surface area contributed by atoms with E-state index in [1.807, 2.05) is 0 Å². The van der Waals surface area contributed by atoms with E-state index >= 15 is 0 Å². The van der Waals surface area contributed by atoms with Crippen molar-refractivity contribution >= 4 is 0 Å². The fourth-order valence-electron chi connectivity index (χ4n) is 4.01. The summed E-state index contributed by atoms with van der Waals surface area (Å²) in [6, 6.07) is 0. The smallest absolute Gasteiger partial charge is 0.0326 e. The van der Waals surface area contributed by atoms with Crippen LogP contribution in [0, 0.1) is 11.3 Å². The highest BCUT2D eigenvalue weighted by atomic mass is 14.3. The molecule has 0 amide bonds. The van der Waals surface area contributed by atoms with Gasteiger partial charge in [0, 0.05) is 0 Å². The van der Waals surface area contributed by atoms with E-state index in [9.17, 15) is 0 Å². The molecule has 0 spiro atoms. The zero-order chi connectivity index (χ0) is 16.7. The molecule has 0 aliphatic carbocycles. The molecular formula is C22H46. The van der Waals surface area contributed by atoms with Gasteiger partial charge in [-0.2, -0.15) is 0 Å². The summed E-state index contributed by atoms with van der Waals surface area (Å²) in [5.74, 6) is 1.02. The van der Waals surface area contributed by atoms with Gasteiger partial charge in [-0.3, -0.25) is 0 Å². The van der Waals surface area contributed by atoms with Gasteiger partial charge in [-0.25, -0.2) is 0 Å². The molecule has 0 aromatic rings. The summed E-state index contributed by atoms with van der Waals surface area (Å²) in [7, 11) is 0. The first kappa shape index (κ1) is 22.0. The maximum absolute atomic E-state index is 2.56. The van der Waals surface area contributed by atoms with Gasteiger partial charge in [0.2, 0.25) is 0 Å². The van der Waals surface area contributed by atoms with Crippen molar-refractivity contribution in [3.8, 4) is 0 Å². The summed E-state index contributed by atoms with van der Waals surface area (Å²) in [6.45, 7) is 11.9. The van der Waals surface area contributed by atoms with E-state index in [0.717, 1.165) is 5.92 Å². The van der Waals surface area contributed by atoms with Crippen molar-refractivity contribution in [1.29, 1.82) is 0 Å². The molecule has 22 heavy (non-hydrogen) atoms. The lowest BCUT2D eigenvalue weighted by molar-refractivity contribution is 0.222. The van der Waals surface area contributed by atoms with Crippen LogP contribution in [0.2, 0.25) is 0 Å². The molecule has 0 rings (SSSR count). The molecule has 0 fully saturated rings. The van der Waals surface area contributed by atoms with Gasteiger partial charge in [-0.05, 0) is 30.6 Å². The predicted octanol–water partition coefficient (Wildman–Crippen LogP) is 8.54. The molecule has 134 valence electrons. The van der Waals surface area contributed by atoms with Crippen LogP contribution >= 0.6 is 0 Å². The van der Waals surface area contributed by atoms with Crippen LogP contribution < -0.4 is 0 Å². The van der Waals surface area contributed by atoms with E-state index in [0.29, 0.717) is 5.41 Å². The first-order chi connectivity index (χ1) is 10.6. The van der Waals surface area contributed by atoms with E-state index in [4.69, 9.17) is 0 Å². The molecule has 0 aliphatic rings. The lowest BCUT2D eigenvalue weighted by Gasteiger charge is -2.30. The highest BCUT2D eigenvalue weighted by Gasteiger charge is 2.22. The Bertz CT molecular complexity index is 220. The molecule has 0 saturated carbocycles. The molecule has 0 saturated heterocycles. The molecule has 0 bridgehead atoms. The zero-order valence-corrected chi connectivity index (χ0v) is 16.7. The maximum atomic E-state index is 2.56. The van der Waals surface area contributed by atoms with Crippen LogP contribution in [0.25, 0.3) is 0 Å². The Morgan fingerprint density at radius 3 is 1.68 bits per heavy atom. The Morgan fingerprint density at radius 1 is 0.545 bits per heavy atom. The summed E-state index contributed by atoms with van der Waals surface area (Å²) in [5, 5.41) is 0. The predicted molar refractivity (Wildman–Crippen MR) is 104 cm³/mol. The monoisotopic (exact) mass is 310 g/mol. The Kier molecular flexibility index (Phi) is 14.6. The van der Waals surface area contributed by atoms with E-state index in [1.165, 1.54) is 96.3 Å². The molecule has 2 unspecified atom stereocenters. The lowest BCUT2D eigenvalue weighted by Crippen LogP contribution is -2.17. The van der Waals surface area contributed by atoms with Crippen LogP contribution in [-0.4, -0.2) is 0 Å². The number of unbranched alkanes of at least 4 members (excludes halogenated alkanes) is 4. The van der Waals surface area contributed by atoms with Gasteiger partial charge < -0.3 is 0 Å². The van der Waals surface area contributed by atoms with Crippen molar-refractivity contribution in [2.75, 3.05) is 0 Å². The van der Waals surface area contributed by atoms with Gasteiger partial charge in [0.25, 0.3) is 0 Å². The maximum Gasteiger partial charge on any atom is -0.0326 e. The van der Waals surface area contributed by atoms with Crippen LogP contribution in [-0.2, 0) is 0 Å². The highest BCUT2D eigenvalue weighted by molar-refractivity contribution is 4.75. The average Bonchev–Trinajstić information content (AvgIpc) is 2.50. The minimum atomic E-state index is 0.628. The Labute approximate surface area is 142 Å².